The smallest absolute Gasteiger partial charge is 0.333 e. The first-order valence-electron chi connectivity index (χ1n) is 6.47. The Morgan fingerprint density at radius 1 is 1.40 bits per heavy atom. The third-order valence-electron chi connectivity index (χ3n) is 3.57. The van der Waals surface area contributed by atoms with Crippen molar-refractivity contribution in [3.8, 4) is 5.75 Å². The zero-order valence-electron chi connectivity index (χ0n) is 12.1. The number of hydrogen-bond acceptors (Lipinski definition) is 4. The minimum atomic E-state index is -1.38. The number of rotatable bonds is 3. The van der Waals surface area contributed by atoms with Crippen LogP contribution in [0.4, 0.5) is 0 Å². The first kappa shape index (κ1) is 14.3. The third-order valence-corrected chi connectivity index (χ3v) is 3.57. The molecule has 2 rings (SSSR count). The average molecular weight is 274 g/mol. The van der Waals surface area contributed by atoms with E-state index in [4.69, 9.17) is 9.47 Å². The summed E-state index contributed by atoms with van der Waals surface area (Å²) < 4.78 is 10.2. The van der Waals surface area contributed by atoms with Crippen LogP contribution in [0.2, 0.25) is 0 Å². The Kier molecular flexibility index (Phi) is 3.66. The molecule has 0 spiro atoms. The largest absolute Gasteiger partial charge is 0.468 e. The second-order valence-electron chi connectivity index (χ2n) is 5.22. The molecule has 1 atom stereocenters. The Bertz CT molecular complexity index is 596. The summed E-state index contributed by atoms with van der Waals surface area (Å²) in [5.74, 6) is -0.666. The summed E-state index contributed by atoms with van der Waals surface area (Å²) in [5, 5.41) is 0. The molecule has 0 N–H and O–H groups in total. The Balaban J connectivity index is 2.64. The molecule has 0 fully saturated rings. The van der Waals surface area contributed by atoms with Crippen LogP contribution in [0.1, 0.15) is 31.4 Å². The van der Waals surface area contributed by atoms with Crippen molar-refractivity contribution in [3.05, 3.63) is 41.0 Å². The highest BCUT2D eigenvalue weighted by Crippen LogP contribution is 2.45. The monoisotopic (exact) mass is 274 g/mol. The molecule has 1 heterocycles. The first-order valence-corrected chi connectivity index (χ1v) is 6.47. The van der Waals surface area contributed by atoms with Gasteiger partial charge in [0.05, 0.1) is 7.11 Å². The molecular formula is C16H18O4. The molecule has 4 nitrogen and oxygen atoms in total. The van der Waals surface area contributed by atoms with E-state index in [1.807, 2.05) is 39.0 Å². The lowest BCUT2D eigenvalue weighted by Gasteiger charge is -2.21. The van der Waals surface area contributed by atoms with Crippen molar-refractivity contribution >= 4 is 11.9 Å². The number of benzene rings is 1. The molecule has 0 aromatic heterocycles. The molecule has 106 valence electrons. The molecule has 0 amide bonds. The average Bonchev–Trinajstić information content (AvgIpc) is 2.70. The van der Waals surface area contributed by atoms with E-state index in [0.717, 1.165) is 11.1 Å². The van der Waals surface area contributed by atoms with Gasteiger partial charge in [0, 0.05) is 5.56 Å². The van der Waals surface area contributed by atoms with Gasteiger partial charge in [-0.3, -0.25) is 9.59 Å². The minimum Gasteiger partial charge on any atom is -0.468 e. The molecule has 0 aliphatic carbocycles. The Morgan fingerprint density at radius 2 is 2.10 bits per heavy atom. The molecule has 1 aromatic carbocycles. The van der Waals surface area contributed by atoms with Crippen molar-refractivity contribution in [1.29, 1.82) is 0 Å². The van der Waals surface area contributed by atoms with Crippen molar-refractivity contribution in [3.63, 3.8) is 0 Å². The molecular weight excluding hydrogens is 256 g/mol. The number of esters is 2. The number of carbonyl (C=O) groups is 2. The molecule has 0 bridgehead atoms. The van der Waals surface area contributed by atoms with Crippen LogP contribution in [0.15, 0.2) is 29.8 Å². The van der Waals surface area contributed by atoms with Crippen LogP contribution in [0, 0.1) is 6.92 Å². The number of para-hydroxylation sites is 1. The molecule has 1 aliphatic heterocycles. The summed E-state index contributed by atoms with van der Waals surface area (Å²) in [4.78, 5) is 24.6. The third kappa shape index (κ3) is 2.01. The van der Waals surface area contributed by atoms with E-state index < -0.39 is 17.4 Å². The van der Waals surface area contributed by atoms with Crippen LogP contribution in [0.5, 0.6) is 5.75 Å². The van der Waals surface area contributed by atoms with E-state index >= 15 is 0 Å². The molecule has 4 heteroatoms. The van der Waals surface area contributed by atoms with Crippen LogP contribution >= 0.6 is 0 Å². The lowest BCUT2D eigenvalue weighted by atomic mass is 9.78. The van der Waals surface area contributed by atoms with Crippen molar-refractivity contribution < 1.29 is 19.1 Å². The van der Waals surface area contributed by atoms with Crippen LogP contribution in [-0.2, 0) is 19.7 Å². The number of allylic oxidation sites excluding steroid dienone is 2. The summed E-state index contributed by atoms with van der Waals surface area (Å²) in [7, 11) is 1.29. The summed E-state index contributed by atoms with van der Waals surface area (Å²) in [6.45, 7) is 5.69. The summed E-state index contributed by atoms with van der Waals surface area (Å²) in [6, 6.07) is 5.42. The highest BCUT2D eigenvalue weighted by atomic mass is 16.6. The van der Waals surface area contributed by atoms with Gasteiger partial charge in [0.1, 0.15) is 5.75 Å². The maximum Gasteiger partial charge on any atom is 0.333 e. The predicted octanol–water partition coefficient (Wildman–Crippen LogP) is 2.68. The van der Waals surface area contributed by atoms with Crippen LogP contribution < -0.4 is 4.74 Å². The van der Waals surface area contributed by atoms with Crippen LogP contribution in [-0.4, -0.2) is 19.0 Å². The van der Waals surface area contributed by atoms with Gasteiger partial charge < -0.3 is 9.47 Å². The van der Waals surface area contributed by atoms with Gasteiger partial charge in [-0.1, -0.05) is 29.8 Å². The number of carbonyl (C=O) groups excluding carboxylic acids is 2. The van der Waals surface area contributed by atoms with E-state index in [1.165, 1.54) is 7.11 Å². The van der Waals surface area contributed by atoms with Gasteiger partial charge in [-0.25, -0.2) is 0 Å². The summed E-state index contributed by atoms with van der Waals surface area (Å²) in [5.41, 5.74) is 1.07. The quantitative estimate of drug-likeness (QED) is 0.368. The normalized spacial score (nSPS) is 20.1. The van der Waals surface area contributed by atoms with E-state index in [-0.39, 0.29) is 6.42 Å². The summed E-state index contributed by atoms with van der Waals surface area (Å²) >= 11 is 0. The summed E-state index contributed by atoms with van der Waals surface area (Å²) in [6.07, 6.45) is 2.10. The Hall–Kier alpha value is -2.10. The van der Waals surface area contributed by atoms with Gasteiger partial charge in [0.25, 0.3) is 0 Å². The number of hydrogen-bond donors (Lipinski definition) is 0. The van der Waals surface area contributed by atoms with Gasteiger partial charge in [0.2, 0.25) is 0 Å². The standard InChI is InChI=1S/C16H18O4/c1-10(2)8-9-16(14(17)19-4)12-7-5-6-11(3)13(12)20-15(16)18/h5-8H,9H2,1-4H3. The van der Waals surface area contributed by atoms with E-state index in [0.29, 0.717) is 11.3 Å². The topological polar surface area (TPSA) is 52.6 Å². The predicted molar refractivity (Wildman–Crippen MR) is 74.6 cm³/mol. The van der Waals surface area contributed by atoms with Crippen LogP contribution in [0.3, 0.4) is 0 Å². The van der Waals surface area contributed by atoms with Gasteiger partial charge in [-0.2, -0.15) is 0 Å². The Labute approximate surface area is 118 Å². The molecule has 1 unspecified atom stereocenters. The molecule has 20 heavy (non-hydrogen) atoms. The second-order valence-corrected chi connectivity index (χ2v) is 5.22. The van der Waals surface area contributed by atoms with Gasteiger partial charge >= 0.3 is 11.9 Å². The van der Waals surface area contributed by atoms with Crippen LogP contribution in [0.25, 0.3) is 0 Å². The van der Waals surface area contributed by atoms with E-state index in [9.17, 15) is 9.59 Å². The van der Waals surface area contributed by atoms with E-state index in [1.54, 1.807) is 6.07 Å². The van der Waals surface area contributed by atoms with Gasteiger partial charge in [-0.15, -0.1) is 0 Å². The SMILES string of the molecule is COC(=O)C1(CC=C(C)C)C(=O)Oc2c(C)cccc21. The molecule has 0 saturated carbocycles. The molecule has 1 aromatic rings. The van der Waals surface area contributed by atoms with Crippen molar-refractivity contribution in [2.24, 2.45) is 0 Å². The molecule has 0 saturated heterocycles. The fourth-order valence-corrected chi connectivity index (χ4v) is 2.42. The Morgan fingerprint density at radius 3 is 2.70 bits per heavy atom. The van der Waals surface area contributed by atoms with E-state index in [2.05, 4.69) is 0 Å². The minimum absolute atomic E-state index is 0.247. The lowest BCUT2D eigenvalue weighted by Crippen LogP contribution is -2.42. The van der Waals surface area contributed by atoms with Crippen molar-refractivity contribution in [2.75, 3.05) is 7.11 Å². The highest BCUT2D eigenvalue weighted by Gasteiger charge is 2.56. The molecule has 0 radical (unpaired) electrons. The first-order chi connectivity index (χ1) is 9.43. The number of fused-ring (bicyclic) bond motifs is 1. The maximum absolute atomic E-state index is 12.4. The second kappa shape index (κ2) is 5.12. The maximum atomic E-state index is 12.4. The fraction of sp³-hybridized carbons (Fsp3) is 0.375. The van der Waals surface area contributed by atoms with Crippen molar-refractivity contribution in [2.45, 2.75) is 32.6 Å². The zero-order chi connectivity index (χ0) is 14.9. The van der Waals surface area contributed by atoms with Crippen molar-refractivity contribution in [1.82, 2.24) is 0 Å². The zero-order valence-corrected chi connectivity index (χ0v) is 12.1. The van der Waals surface area contributed by atoms with Gasteiger partial charge in [-0.05, 0) is 32.8 Å². The fourth-order valence-electron chi connectivity index (χ4n) is 2.42. The van der Waals surface area contributed by atoms with Gasteiger partial charge in [0.15, 0.2) is 5.41 Å². The number of methoxy groups -OCH3 is 1. The lowest BCUT2D eigenvalue weighted by molar-refractivity contribution is -0.156. The highest BCUT2D eigenvalue weighted by molar-refractivity contribution is 6.10. The molecule has 1 aliphatic rings. The number of ether oxygens (including phenoxy) is 2. The number of aryl methyl sites for hydroxylation is 1.